The third-order valence-corrected chi connectivity index (χ3v) is 9.23. The fourth-order valence-corrected chi connectivity index (χ4v) is 7.04. The van der Waals surface area contributed by atoms with Gasteiger partial charge < -0.3 is 9.47 Å². The van der Waals surface area contributed by atoms with E-state index in [1.165, 1.54) is 43.8 Å². The molecule has 2 nitrogen and oxygen atoms in total. The van der Waals surface area contributed by atoms with Crippen molar-refractivity contribution in [2.75, 3.05) is 0 Å². The van der Waals surface area contributed by atoms with Gasteiger partial charge in [-0.3, -0.25) is 0 Å². The van der Waals surface area contributed by atoms with Crippen LogP contribution in [0.25, 0.3) is 76.8 Å². The van der Waals surface area contributed by atoms with Crippen molar-refractivity contribution in [1.82, 2.24) is 0 Å². The minimum absolute atomic E-state index is 0.864. The average molecular weight is 561 g/mol. The zero-order valence-corrected chi connectivity index (χ0v) is 23.7. The maximum absolute atomic E-state index is 6.62. The Morgan fingerprint density at radius 1 is 0.273 bits per heavy atom. The molecule has 2 heterocycles. The van der Waals surface area contributed by atoms with Gasteiger partial charge in [-0.2, -0.15) is 0 Å². The molecule has 204 valence electrons. The van der Waals surface area contributed by atoms with Crippen LogP contribution in [0.2, 0.25) is 0 Å². The highest BCUT2D eigenvalue weighted by atomic mass is 16.5. The topological polar surface area (TPSA) is 18.5 Å². The number of benzene rings is 8. The van der Waals surface area contributed by atoms with Gasteiger partial charge in [-0.05, 0) is 103 Å². The van der Waals surface area contributed by atoms with Crippen LogP contribution < -0.4 is 9.47 Å². The van der Waals surface area contributed by atoms with E-state index in [4.69, 9.17) is 9.47 Å². The summed E-state index contributed by atoms with van der Waals surface area (Å²) in [5.41, 5.74) is 9.19. The Bertz CT molecular complexity index is 2330. The van der Waals surface area contributed by atoms with Crippen molar-refractivity contribution in [2.24, 2.45) is 0 Å². The molecule has 0 saturated heterocycles. The Morgan fingerprint density at radius 3 is 1.14 bits per heavy atom. The van der Waals surface area contributed by atoms with E-state index in [-0.39, 0.29) is 0 Å². The summed E-state index contributed by atoms with van der Waals surface area (Å²) in [5.74, 6) is 3.49. The average Bonchev–Trinajstić information content (AvgIpc) is 3.09. The number of fused-ring (bicyclic) bond motifs is 6. The zero-order valence-electron chi connectivity index (χ0n) is 23.7. The Kier molecular flexibility index (Phi) is 4.75. The summed E-state index contributed by atoms with van der Waals surface area (Å²) in [6, 6.07) is 51.9. The first-order valence-corrected chi connectivity index (χ1v) is 15.0. The molecule has 8 aromatic carbocycles. The molecule has 0 N–H and O–H groups in total. The van der Waals surface area contributed by atoms with Gasteiger partial charge in [0.15, 0.2) is 0 Å². The maximum Gasteiger partial charge on any atom is 0.136 e. The van der Waals surface area contributed by atoms with Crippen LogP contribution in [0.3, 0.4) is 0 Å². The Morgan fingerprint density at radius 2 is 0.659 bits per heavy atom. The van der Waals surface area contributed by atoms with Gasteiger partial charge in [0.2, 0.25) is 0 Å². The fraction of sp³-hybridized carbons (Fsp3) is 0. The van der Waals surface area contributed by atoms with Crippen LogP contribution in [0.15, 0.2) is 146 Å². The predicted octanol–water partition coefficient (Wildman–Crippen LogP) is 12.0. The highest BCUT2D eigenvalue weighted by molar-refractivity contribution is 6.14. The van der Waals surface area contributed by atoms with E-state index < -0.39 is 0 Å². The quantitative estimate of drug-likeness (QED) is 0.209. The SMILES string of the molecule is c1ccc2cc(-c3ccc4c(c3)Oc3ccc5c6c(ccc-4c36)-c3ccc(-c4ccc6ccccc6c4)cc3O5)ccc2c1. The normalized spacial score (nSPS) is 12.5. The first-order chi connectivity index (χ1) is 21.8. The molecule has 2 heteroatoms. The van der Waals surface area contributed by atoms with E-state index in [9.17, 15) is 0 Å². The number of hydrogen-bond acceptors (Lipinski definition) is 2. The summed E-state index contributed by atoms with van der Waals surface area (Å²) in [6.45, 7) is 0. The molecule has 0 amide bonds. The molecule has 0 aromatic heterocycles. The molecule has 0 radical (unpaired) electrons. The van der Waals surface area contributed by atoms with Crippen molar-refractivity contribution in [3.05, 3.63) is 146 Å². The van der Waals surface area contributed by atoms with E-state index in [2.05, 4.69) is 146 Å². The van der Waals surface area contributed by atoms with Gasteiger partial charge in [-0.25, -0.2) is 0 Å². The molecule has 44 heavy (non-hydrogen) atoms. The third-order valence-electron chi connectivity index (χ3n) is 9.23. The number of ether oxygens (including phenoxy) is 2. The molecule has 0 saturated carbocycles. The van der Waals surface area contributed by atoms with E-state index >= 15 is 0 Å². The summed E-state index contributed by atoms with van der Waals surface area (Å²) < 4.78 is 13.2. The van der Waals surface area contributed by atoms with Gasteiger partial charge in [0.1, 0.15) is 23.0 Å². The molecule has 2 aliphatic heterocycles. The minimum atomic E-state index is 0.864. The van der Waals surface area contributed by atoms with Gasteiger partial charge in [0, 0.05) is 21.9 Å². The van der Waals surface area contributed by atoms with Crippen LogP contribution >= 0.6 is 0 Å². The van der Waals surface area contributed by atoms with Crippen molar-refractivity contribution < 1.29 is 9.47 Å². The summed E-state index contributed by atoms with van der Waals surface area (Å²) in [5, 5.41) is 7.17. The van der Waals surface area contributed by atoms with Crippen molar-refractivity contribution in [3.8, 4) is 67.5 Å². The smallest absolute Gasteiger partial charge is 0.136 e. The molecule has 8 aromatic rings. The van der Waals surface area contributed by atoms with Gasteiger partial charge in [-0.15, -0.1) is 0 Å². The lowest BCUT2D eigenvalue weighted by molar-refractivity contribution is 0.475. The molecule has 0 atom stereocenters. The summed E-state index contributed by atoms with van der Waals surface area (Å²) >= 11 is 0. The molecular formula is C42H24O2. The van der Waals surface area contributed by atoms with E-state index in [1.807, 2.05) is 0 Å². The molecule has 0 spiro atoms. The van der Waals surface area contributed by atoms with Crippen molar-refractivity contribution in [1.29, 1.82) is 0 Å². The minimum Gasteiger partial charge on any atom is -0.456 e. The second kappa shape index (κ2) is 8.82. The summed E-state index contributed by atoms with van der Waals surface area (Å²) in [7, 11) is 0. The largest absolute Gasteiger partial charge is 0.456 e. The van der Waals surface area contributed by atoms with Crippen LogP contribution in [0.1, 0.15) is 0 Å². The molecule has 0 unspecified atom stereocenters. The Labute approximate surface area is 254 Å². The monoisotopic (exact) mass is 560 g/mol. The first kappa shape index (κ1) is 23.7. The fourth-order valence-electron chi connectivity index (χ4n) is 7.04. The third kappa shape index (κ3) is 3.43. The maximum atomic E-state index is 6.62. The second-order valence-electron chi connectivity index (χ2n) is 11.7. The predicted molar refractivity (Wildman–Crippen MR) is 181 cm³/mol. The lowest BCUT2D eigenvalue weighted by Crippen LogP contribution is -2.02. The van der Waals surface area contributed by atoms with E-state index in [0.717, 1.165) is 56.0 Å². The van der Waals surface area contributed by atoms with Crippen LogP contribution in [0, 0.1) is 0 Å². The lowest BCUT2D eigenvalue weighted by atomic mass is 9.87. The van der Waals surface area contributed by atoms with Gasteiger partial charge >= 0.3 is 0 Å². The van der Waals surface area contributed by atoms with Crippen molar-refractivity contribution >= 4 is 32.3 Å². The van der Waals surface area contributed by atoms with E-state index in [0.29, 0.717) is 0 Å². The molecule has 0 aliphatic carbocycles. The highest BCUT2D eigenvalue weighted by Gasteiger charge is 2.28. The molecule has 10 rings (SSSR count). The zero-order chi connectivity index (χ0) is 28.8. The molecular weight excluding hydrogens is 536 g/mol. The van der Waals surface area contributed by atoms with Crippen LogP contribution in [-0.2, 0) is 0 Å². The molecule has 0 bridgehead atoms. The number of hydrogen-bond donors (Lipinski definition) is 0. The van der Waals surface area contributed by atoms with Gasteiger partial charge in [0.25, 0.3) is 0 Å². The Hall–Kier alpha value is -5.86. The molecule has 0 fully saturated rings. The number of rotatable bonds is 2. The standard InChI is InChI=1S/C42H24O2/c1-3-7-27-21-29(11-9-25(27)5-1)31-13-15-33-35-17-18-36-34-16-14-32(30-12-10-26-6-2-4-8-28(26)22-30)24-40(34)44-38-20-19-37(41(35)42(36)38)43-39(33)23-31/h1-24H. The van der Waals surface area contributed by atoms with Crippen LogP contribution in [-0.4, -0.2) is 0 Å². The van der Waals surface area contributed by atoms with Crippen molar-refractivity contribution in [3.63, 3.8) is 0 Å². The highest BCUT2D eigenvalue weighted by Crippen LogP contribution is 2.55. The first-order valence-electron chi connectivity index (χ1n) is 15.0. The van der Waals surface area contributed by atoms with Crippen LogP contribution in [0.5, 0.6) is 23.0 Å². The molecule has 2 aliphatic rings. The summed E-state index contributed by atoms with van der Waals surface area (Å²) in [6.07, 6.45) is 0. The van der Waals surface area contributed by atoms with Crippen molar-refractivity contribution in [2.45, 2.75) is 0 Å². The van der Waals surface area contributed by atoms with Gasteiger partial charge in [-0.1, -0.05) is 97.1 Å². The van der Waals surface area contributed by atoms with Crippen LogP contribution in [0.4, 0.5) is 0 Å². The lowest BCUT2D eigenvalue weighted by Gasteiger charge is -2.27. The van der Waals surface area contributed by atoms with Gasteiger partial charge in [0.05, 0.1) is 0 Å². The summed E-state index contributed by atoms with van der Waals surface area (Å²) in [4.78, 5) is 0. The Balaban J connectivity index is 1.08. The van der Waals surface area contributed by atoms with E-state index in [1.54, 1.807) is 0 Å². The second-order valence-corrected chi connectivity index (χ2v) is 11.7.